The summed E-state index contributed by atoms with van der Waals surface area (Å²) in [6.07, 6.45) is 4.77. The van der Waals surface area contributed by atoms with Gasteiger partial charge >= 0.3 is 0 Å². The highest BCUT2D eigenvalue weighted by atomic mass is 35.5. The van der Waals surface area contributed by atoms with Crippen molar-refractivity contribution < 1.29 is 9.57 Å². The molecule has 4 aromatic rings. The molecule has 0 radical (unpaired) electrons. The van der Waals surface area contributed by atoms with Crippen LogP contribution in [0.5, 0.6) is 11.5 Å². The molecule has 1 N–H and O–H groups in total. The van der Waals surface area contributed by atoms with E-state index in [1.165, 1.54) is 6.33 Å². The molecule has 9 heteroatoms. The summed E-state index contributed by atoms with van der Waals surface area (Å²) in [5.41, 5.74) is 5.13. The van der Waals surface area contributed by atoms with Gasteiger partial charge in [-0.1, -0.05) is 40.9 Å². The van der Waals surface area contributed by atoms with Gasteiger partial charge in [-0.15, -0.1) is 0 Å². The maximum Gasteiger partial charge on any atom is 0.138 e. The van der Waals surface area contributed by atoms with E-state index in [2.05, 4.69) is 15.6 Å². The predicted molar refractivity (Wildman–Crippen MR) is 127 cm³/mol. The Morgan fingerprint density at radius 3 is 2.19 bits per heavy atom. The fourth-order valence-corrected chi connectivity index (χ4v) is 3.41. The molecular formula is C23H17Cl3N4O2. The molecule has 0 spiro atoms. The Bertz CT molecular complexity index is 1170. The number of hydroxylamine groups is 1. The van der Waals surface area contributed by atoms with Crippen molar-refractivity contribution in [3.05, 3.63) is 106 Å². The van der Waals surface area contributed by atoms with E-state index >= 15 is 0 Å². The number of rotatable bonds is 8. The van der Waals surface area contributed by atoms with E-state index in [4.69, 9.17) is 44.4 Å². The Morgan fingerprint density at radius 2 is 1.56 bits per heavy atom. The third-order valence-corrected chi connectivity index (χ3v) is 5.33. The van der Waals surface area contributed by atoms with Gasteiger partial charge in [0.15, 0.2) is 0 Å². The summed E-state index contributed by atoms with van der Waals surface area (Å²) in [5, 5.41) is 5.83. The SMILES string of the molecule is Clc1ccc(Oc2ccc(C(=Cn3cncn3)NOCc3c(Cl)cccc3Cl)cc2)cc1. The summed E-state index contributed by atoms with van der Waals surface area (Å²) < 4.78 is 7.41. The van der Waals surface area contributed by atoms with Crippen LogP contribution < -0.4 is 10.2 Å². The molecule has 0 bridgehead atoms. The van der Waals surface area contributed by atoms with Gasteiger partial charge in [0, 0.05) is 26.2 Å². The van der Waals surface area contributed by atoms with Crippen LogP contribution in [-0.2, 0) is 11.4 Å². The first-order chi connectivity index (χ1) is 15.6. The van der Waals surface area contributed by atoms with Crippen LogP contribution in [0.2, 0.25) is 15.1 Å². The van der Waals surface area contributed by atoms with Crippen LogP contribution in [0.15, 0.2) is 79.4 Å². The summed E-state index contributed by atoms with van der Waals surface area (Å²) in [6, 6.07) is 20.0. The quantitative estimate of drug-likeness (QED) is 0.280. The van der Waals surface area contributed by atoms with Crippen molar-refractivity contribution in [2.24, 2.45) is 0 Å². The summed E-state index contributed by atoms with van der Waals surface area (Å²) in [5.74, 6) is 1.37. The molecule has 0 saturated carbocycles. The Kier molecular flexibility index (Phi) is 7.29. The molecule has 162 valence electrons. The van der Waals surface area contributed by atoms with Gasteiger partial charge < -0.3 is 4.74 Å². The van der Waals surface area contributed by atoms with Gasteiger partial charge in [0.1, 0.15) is 30.8 Å². The molecular weight excluding hydrogens is 471 g/mol. The molecule has 0 unspecified atom stereocenters. The number of benzene rings is 3. The van der Waals surface area contributed by atoms with Crippen molar-refractivity contribution >= 4 is 46.7 Å². The zero-order chi connectivity index (χ0) is 22.3. The van der Waals surface area contributed by atoms with Crippen molar-refractivity contribution in [3.8, 4) is 11.5 Å². The minimum absolute atomic E-state index is 0.172. The van der Waals surface area contributed by atoms with Gasteiger partial charge in [0.05, 0.1) is 11.9 Å². The molecule has 4 rings (SSSR count). The minimum Gasteiger partial charge on any atom is -0.457 e. The van der Waals surface area contributed by atoms with Gasteiger partial charge in [-0.2, -0.15) is 5.10 Å². The minimum atomic E-state index is 0.172. The van der Waals surface area contributed by atoms with Gasteiger partial charge in [-0.3, -0.25) is 10.3 Å². The summed E-state index contributed by atoms with van der Waals surface area (Å²) in [7, 11) is 0. The number of hydrogen-bond donors (Lipinski definition) is 1. The van der Waals surface area contributed by atoms with Crippen molar-refractivity contribution in [1.29, 1.82) is 0 Å². The fourth-order valence-electron chi connectivity index (χ4n) is 2.77. The first-order valence-corrected chi connectivity index (χ1v) is 10.6. The zero-order valence-corrected chi connectivity index (χ0v) is 18.8. The highest BCUT2D eigenvalue weighted by Gasteiger charge is 2.08. The molecule has 0 fully saturated rings. The lowest BCUT2D eigenvalue weighted by Crippen LogP contribution is -2.14. The Labute approximate surface area is 199 Å². The van der Waals surface area contributed by atoms with Crippen LogP contribution in [0.4, 0.5) is 0 Å². The molecule has 0 aliphatic heterocycles. The fraction of sp³-hybridized carbons (Fsp3) is 0.0435. The van der Waals surface area contributed by atoms with E-state index in [-0.39, 0.29) is 6.61 Å². The standard InChI is InChI=1S/C23H17Cl3N4O2/c24-17-6-10-19(11-7-17)32-18-8-4-16(5-9-18)23(12-30-15-27-14-28-30)29-31-13-20-21(25)2-1-3-22(20)26/h1-12,14-15,29H,13H2. The number of hydrogen-bond acceptors (Lipinski definition) is 5. The maximum atomic E-state index is 6.22. The van der Waals surface area contributed by atoms with Gasteiger partial charge in [-0.25, -0.2) is 9.67 Å². The average molecular weight is 488 g/mol. The maximum absolute atomic E-state index is 6.22. The van der Waals surface area contributed by atoms with E-state index in [9.17, 15) is 0 Å². The monoisotopic (exact) mass is 486 g/mol. The topological polar surface area (TPSA) is 61.2 Å². The van der Waals surface area contributed by atoms with Crippen LogP contribution in [0, 0.1) is 0 Å². The predicted octanol–water partition coefficient (Wildman–Crippen LogP) is 6.71. The zero-order valence-electron chi connectivity index (χ0n) is 16.6. The Hall–Kier alpha value is -3.03. The lowest BCUT2D eigenvalue weighted by Gasteiger charge is -2.14. The number of ether oxygens (including phenoxy) is 1. The number of nitrogens with zero attached hydrogens (tertiary/aromatic N) is 3. The van der Waals surface area contributed by atoms with Gasteiger partial charge in [0.2, 0.25) is 0 Å². The highest BCUT2D eigenvalue weighted by molar-refractivity contribution is 6.35. The van der Waals surface area contributed by atoms with E-state index in [1.807, 2.05) is 36.4 Å². The average Bonchev–Trinajstić information content (AvgIpc) is 3.30. The molecule has 0 saturated heterocycles. The van der Waals surface area contributed by atoms with Crippen LogP contribution in [0.3, 0.4) is 0 Å². The van der Waals surface area contributed by atoms with Crippen molar-refractivity contribution in [2.45, 2.75) is 6.61 Å². The van der Waals surface area contributed by atoms with Gasteiger partial charge in [0.25, 0.3) is 0 Å². The van der Waals surface area contributed by atoms with Gasteiger partial charge in [-0.05, 0) is 60.7 Å². The number of aromatic nitrogens is 3. The molecule has 1 heterocycles. The molecule has 0 aliphatic rings. The van der Waals surface area contributed by atoms with Crippen LogP contribution >= 0.6 is 34.8 Å². The van der Waals surface area contributed by atoms with Crippen LogP contribution in [0.1, 0.15) is 11.1 Å². The van der Waals surface area contributed by atoms with Crippen LogP contribution in [-0.4, -0.2) is 14.8 Å². The summed E-state index contributed by atoms with van der Waals surface area (Å²) in [6.45, 7) is 0.172. The lowest BCUT2D eigenvalue weighted by atomic mass is 10.1. The molecule has 6 nitrogen and oxygen atoms in total. The summed E-state index contributed by atoms with van der Waals surface area (Å²) in [4.78, 5) is 9.65. The summed E-state index contributed by atoms with van der Waals surface area (Å²) >= 11 is 18.4. The van der Waals surface area contributed by atoms with Crippen LogP contribution in [0.25, 0.3) is 11.9 Å². The molecule has 0 aliphatic carbocycles. The second-order valence-corrected chi connectivity index (χ2v) is 7.84. The second-order valence-electron chi connectivity index (χ2n) is 6.59. The Morgan fingerprint density at radius 1 is 0.906 bits per heavy atom. The van der Waals surface area contributed by atoms with Crippen molar-refractivity contribution in [1.82, 2.24) is 20.2 Å². The molecule has 0 amide bonds. The number of halogens is 3. The molecule has 1 aromatic heterocycles. The van der Waals surface area contributed by atoms with E-state index < -0.39 is 0 Å². The lowest BCUT2D eigenvalue weighted by molar-refractivity contribution is 0.0650. The first-order valence-electron chi connectivity index (χ1n) is 9.49. The van der Waals surface area contributed by atoms with E-state index in [1.54, 1.807) is 47.5 Å². The van der Waals surface area contributed by atoms with Crippen molar-refractivity contribution in [3.63, 3.8) is 0 Å². The van der Waals surface area contributed by atoms with E-state index in [0.29, 0.717) is 37.8 Å². The largest absolute Gasteiger partial charge is 0.457 e. The molecule has 32 heavy (non-hydrogen) atoms. The second kappa shape index (κ2) is 10.5. The third kappa shape index (κ3) is 5.81. The highest BCUT2D eigenvalue weighted by Crippen LogP contribution is 2.26. The normalized spacial score (nSPS) is 11.4. The first kappa shape index (κ1) is 22.2. The van der Waals surface area contributed by atoms with Crippen molar-refractivity contribution in [2.75, 3.05) is 0 Å². The Balaban J connectivity index is 1.49. The van der Waals surface area contributed by atoms with E-state index in [0.717, 1.165) is 5.56 Å². The number of nitrogens with one attached hydrogen (secondary N) is 1. The molecule has 0 atom stereocenters. The smallest absolute Gasteiger partial charge is 0.138 e. The molecule has 3 aromatic carbocycles. The third-order valence-electron chi connectivity index (χ3n) is 4.37.